The van der Waals surface area contributed by atoms with Gasteiger partial charge in [-0.3, -0.25) is 9.36 Å². The Balaban J connectivity index is 1.58. The molecule has 1 atom stereocenters. The summed E-state index contributed by atoms with van der Waals surface area (Å²) < 4.78 is 7.91. The van der Waals surface area contributed by atoms with Crippen LogP contribution in [0.2, 0.25) is 5.02 Å². The Kier molecular flexibility index (Phi) is 6.56. The molecular formula is C23H24ClN3O2S. The van der Waals surface area contributed by atoms with Gasteiger partial charge in [0.2, 0.25) is 0 Å². The van der Waals surface area contributed by atoms with Gasteiger partial charge in [-0.05, 0) is 62.6 Å². The fraction of sp³-hybridized carbons (Fsp3) is 0.348. The van der Waals surface area contributed by atoms with Crippen LogP contribution in [0.1, 0.15) is 34.3 Å². The number of ether oxygens (including phenoxy) is 1. The van der Waals surface area contributed by atoms with Crippen LogP contribution in [0.15, 0.2) is 47.6 Å². The number of halogens is 1. The Morgan fingerprint density at radius 2 is 2.00 bits per heavy atom. The SMILES string of the molecule is Cc1ccc(C)c(C(=O)CSc2nnc(-c3ccc(Cl)cc3)n2C[C@@H]2CCCO2)c1. The van der Waals surface area contributed by atoms with Gasteiger partial charge in [-0.1, -0.05) is 41.1 Å². The Morgan fingerprint density at radius 1 is 1.20 bits per heavy atom. The first kappa shape index (κ1) is 21.1. The number of carbonyl (C=O) groups excluding carboxylic acids is 1. The molecule has 0 bridgehead atoms. The molecule has 1 aromatic heterocycles. The molecule has 0 amide bonds. The smallest absolute Gasteiger partial charge is 0.192 e. The molecule has 7 heteroatoms. The largest absolute Gasteiger partial charge is 0.376 e. The van der Waals surface area contributed by atoms with E-state index in [1.807, 2.05) is 56.3 Å². The molecule has 30 heavy (non-hydrogen) atoms. The molecule has 5 nitrogen and oxygen atoms in total. The van der Waals surface area contributed by atoms with Crippen molar-refractivity contribution in [1.29, 1.82) is 0 Å². The molecule has 1 aliphatic heterocycles. The van der Waals surface area contributed by atoms with E-state index in [0.717, 1.165) is 52.7 Å². The van der Waals surface area contributed by atoms with Gasteiger partial charge in [-0.15, -0.1) is 10.2 Å². The second-order valence-corrected chi connectivity index (χ2v) is 8.97. The van der Waals surface area contributed by atoms with Crippen molar-refractivity contribution in [2.45, 2.75) is 44.5 Å². The van der Waals surface area contributed by atoms with E-state index < -0.39 is 0 Å². The zero-order valence-electron chi connectivity index (χ0n) is 17.1. The number of hydrogen-bond acceptors (Lipinski definition) is 5. The van der Waals surface area contributed by atoms with Crippen molar-refractivity contribution in [2.24, 2.45) is 0 Å². The van der Waals surface area contributed by atoms with Crippen molar-refractivity contribution in [3.63, 3.8) is 0 Å². The highest BCUT2D eigenvalue weighted by atomic mass is 35.5. The van der Waals surface area contributed by atoms with E-state index in [4.69, 9.17) is 16.3 Å². The molecule has 156 valence electrons. The zero-order valence-corrected chi connectivity index (χ0v) is 18.7. The average Bonchev–Trinajstić information content (AvgIpc) is 3.39. The maximum Gasteiger partial charge on any atom is 0.192 e. The van der Waals surface area contributed by atoms with Gasteiger partial charge in [-0.25, -0.2) is 0 Å². The molecule has 1 aliphatic rings. The minimum atomic E-state index is 0.0981. The molecule has 0 saturated carbocycles. The molecule has 1 saturated heterocycles. The lowest BCUT2D eigenvalue weighted by Crippen LogP contribution is -2.17. The first-order valence-electron chi connectivity index (χ1n) is 10.1. The number of thioether (sulfide) groups is 1. The van der Waals surface area contributed by atoms with Crippen LogP contribution in [0.4, 0.5) is 0 Å². The van der Waals surface area contributed by atoms with Crippen LogP contribution in [0.5, 0.6) is 0 Å². The van der Waals surface area contributed by atoms with Gasteiger partial charge < -0.3 is 4.74 Å². The molecule has 0 N–H and O–H groups in total. The van der Waals surface area contributed by atoms with E-state index in [1.165, 1.54) is 11.8 Å². The highest BCUT2D eigenvalue weighted by Crippen LogP contribution is 2.28. The lowest BCUT2D eigenvalue weighted by molar-refractivity contribution is 0.0953. The summed E-state index contributed by atoms with van der Waals surface area (Å²) in [6, 6.07) is 13.5. The maximum atomic E-state index is 12.8. The monoisotopic (exact) mass is 441 g/mol. The summed E-state index contributed by atoms with van der Waals surface area (Å²) in [4.78, 5) is 12.8. The number of rotatable bonds is 7. The molecular weight excluding hydrogens is 418 g/mol. The van der Waals surface area contributed by atoms with Gasteiger partial charge in [0.1, 0.15) is 0 Å². The van der Waals surface area contributed by atoms with Crippen molar-refractivity contribution in [2.75, 3.05) is 12.4 Å². The van der Waals surface area contributed by atoms with Crippen LogP contribution in [0.3, 0.4) is 0 Å². The van der Waals surface area contributed by atoms with Gasteiger partial charge >= 0.3 is 0 Å². The summed E-state index contributed by atoms with van der Waals surface area (Å²) in [6.07, 6.45) is 2.22. The third-order valence-corrected chi connectivity index (χ3v) is 6.47. The van der Waals surface area contributed by atoms with Crippen LogP contribution in [-0.2, 0) is 11.3 Å². The quantitative estimate of drug-likeness (QED) is 0.364. The van der Waals surface area contributed by atoms with Crippen molar-refractivity contribution >= 4 is 29.1 Å². The Hall–Kier alpha value is -2.15. The zero-order chi connectivity index (χ0) is 21.1. The van der Waals surface area contributed by atoms with Gasteiger partial charge in [0.05, 0.1) is 18.4 Å². The lowest BCUT2D eigenvalue weighted by Gasteiger charge is -2.15. The highest BCUT2D eigenvalue weighted by Gasteiger charge is 2.22. The van der Waals surface area contributed by atoms with Crippen LogP contribution in [0.25, 0.3) is 11.4 Å². The Labute approximate surface area is 185 Å². The van der Waals surface area contributed by atoms with Gasteiger partial charge in [0, 0.05) is 22.8 Å². The third-order valence-electron chi connectivity index (χ3n) is 5.26. The summed E-state index contributed by atoms with van der Waals surface area (Å²) in [6.45, 7) is 5.43. The Morgan fingerprint density at radius 3 is 2.73 bits per heavy atom. The number of carbonyl (C=O) groups is 1. The number of hydrogen-bond donors (Lipinski definition) is 0. The topological polar surface area (TPSA) is 57.0 Å². The summed E-state index contributed by atoms with van der Waals surface area (Å²) >= 11 is 7.47. The lowest BCUT2D eigenvalue weighted by atomic mass is 10.0. The summed E-state index contributed by atoms with van der Waals surface area (Å²) in [7, 11) is 0. The van der Waals surface area contributed by atoms with E-state index >= 15 is 0 Å². The summed E-state index contributed by atoms with van der Waals surface area (Å²) in [5.41, 5.74) is 3.79. The van der Waals surface area contributed by atoms with E-state index in [-0.39, 0.29) is 11.9 Å². The molecule has 0 unspecified atom stereocenters. The van der Waals surface area contributed by atoms with Crippen LogP contribution in [0, 0.1) is 13.8 Å². The minimum absolute atomic E-state index is 0.0981. The van der Waals surface area contributed by atoms with Gasteiger partial charge in [0.25, 0.3) is 0 Å². The third kappa shape index (κ3) is 4.77. The van der Waals surface area contributed by atoms with Crippen LogP contribution >= 0.6 is 23.4 Å². The van der Waals surface area contributed by atoms with E-state index in [0.29, 0.717) is 17.3 Å². The molecule has 3 aromatic rings. The Bertz CT molecular complexity index is 1040. The second kappa shape index (κ2) is 9.33. The number of aromatic nitrogens is 3. The predicted octanol–water partition coefficient (Wildman–Crippen LogP) is 5.37. The predicted molar refractivity (Wildman–Crippen MR) is 120 cm³/mol. The molecule has 2 heterocycles. The maximum absolute atomic E-state index is 12.8. The van der Waals surface area contributed by atoms with Crippen molar-refractivity contribution in [3.05, 3.63) is 64.2 Å². The number of Topliss-reactive ketones (excluding diaryl/α,β-unsaturated/α-hetero) is 1. The average molecular weight is 442 g/mol. The van der Waals surface area contributed by atoms with E-state index in [9.17, 15) is 4.79 Å². The minimum Gasteiger partial charge on any atom is -0.376 e. The van der Waals surface area contributed by atoms with Crippen LogP contribution in [-0.4, -0.2) is 39.0 Å². The first-order valence-corrected chi connectivity index (χ1v) is 11.4. The second-order valence-electron chi connectivity index (χ2n) is 7.59. The number of nitrogens with zero attached hydrogens (tertiary/aromatic N) is 3. The highest BCUT2D eigenvalue weighted by molar-refractivity contribution is 7.99. The molecule has 1 fully saturated rings. The van der Waals surface area contributed by atoms with E-state index in [1.54, 1.807) is 0 Å². The summed E-state index contributed by atoms with van der Waals surface area (Å²) in [5, 5.41) is 10.2. The fourth-order valence-electron chi connectivity index (χ4n) is 3.61. The van der Waals surface area contributed by atoms with Crippen LogP contribution < -0.4 is 0 Å². The molecule has 0 aliphatic carbocycles. The number of benzene rings is 2. The van der Waals surface area contributed by atoms with Crippen molar-refractivity contribution < 1.29 is 9.53 Å². The van der Waals surface area contributed by atoms with Crippen molar-refractivity contribution in [1.82, 2.24) is 14.8 Å². The molecule has 0 spiro atoms. The normalized spacial score (nSPS) is 16.2. The van der Waals surface area contributed by atoms with Crippen molar-refractivity contribution in [3.8, 4) is 11.4 Å². The molecule has 4 rings (SSSR count). The summed E-state index contributed by atoms with van der Waals surface area (Å²) in [5.74, 6) is 1.18. The van der Waals surface area contributed by atoms with Gasteiger partial charge in [-0.2, -0.15) is 0 Å². The first-order chi connectivity index (χ1) is 14.5. The number of ketones is 1. The van der Waals surface area contributed by atoms with E-state index in [2.05, 4.69) is 14.8 Å². The van der Waals surface area contributed by atoms with Gasteiger partial charge in [0.15, 0.2) is 16.8 Å². The molecule has 2 aromatic carbocycles. The standard InChI is InChI=1S/C23H24ClN3O2S/c1-15-5-6-16(2)20(12-15)21(28)14-30-23-26-25-22(17-7-9-18(24)10-8-17)27(23)13-19-4-3-11-29-19/h5-10,12,19H,3-4,11,13-14H2,1-2H3/t19-/m0/s1. The fourth-order valence-corrected chi connectivity index (χ4v) is 4.57. The number of aryl methyl sites for hydroxylation is 2. The molecule has 0 radical (unpaired) electrons.